The summed E-state index contributed by atoms with van der Waals surface area (Å²) >= 11 is 0. The number of carbonyl (C=O) groups excluding carboxylic acids is 2. The van der Waals surface area contributed by atoms with Crippen LogP contribution in [0, 0.1) is 0 Å². The fourth-order valence-electron chi connectivity index (χ4n) is 4.92. The number of pyridine rings is 1. The second-order valence-corrected chi connectivity index (χ2v) is 8.79. The summed E-state index contributed by atoms with van der Waals surface area (Å²) in [6.45, 7) is 4.97. The van der Waals surface area contributed by atoms with E-state index in [4.69, 9.17) is 4.74 Å². The van der Waals surface area contributed by atoms with Crippen molar-refractivity contribution in [1.29, 1.82) is 0 Å². The highest BCUT2D eigenvalue weighted by Crippen LogP contribution is 2.32. The van der Waals surface area contributed by atoms with Gasteiger partial charge in [0.15, 0.2) is 0 Å². The van der Waals surface area contributed by atoms with Crippen molar-refractivity contribution in [1.82, 2.24) is 20.5 Å². The van der Waals surface area contributed by atoms with E-state index >= 15 is 0 Å². The maximum Gasteiger partial charge on any atom is 0.255 e. The van der Waals surface area contributed by atoms with Gasteiger partial charge >= 0.3 is 0 Å². The van der Waals surface area contributed by atoms with E-state index < -0.39 is 6.04 Å². The first kappa shape index (κ1) is 20.7. The summed E-state index contributed by atoms with van der Waals surface area (Å²) in [6.07, 6.45) is 6.37. The molecule has 0 bridgehead atoms. The second-order valence-electron chi connectivity index (χ2n) is 8.79. The number of hydrogen-bond donors (Lipinski definition) is 2. The van der Waals surface area contributed by atoms with Crippen LogP contribution in [-0.2, 0) is 17.9 Å². The molecule has 1 saturated heterocycles. The van der Waals surface area contributed by atoms with E-state index in [1.54, 1.807) is 4.90 Å². The van der Waals surface area contributed by atoms with Gasteiger partial charge in [-0.3, -0.25) is 14.6 Å². The first-order valence-electron chi connectivity index (χ1n) is 11.3. The summed E-state index contributed by atoms with van der Waals surface area (Å²) in [5, 5.41) is 6.36. The molecule has 3 atom stereocenters. The quantitative estimate of drug-likeness (QED) is 0.733. The molecule has 1 unspecified atom stereocenters. The number of carbonyl (C=O) groups is 2. The summed E-state index contributed by atoms with van der Waals surface area (Å²) in [7, 11) is 0. The molecule has 0 spiro atoms. The standard InChI is InChI=1S/C25H28N4O3/c1-16-8-11-22(24(30)28-16)29-15-17-13-19(9-10-20(17)25(29)31)32-23-7-4-6-21(23)27-14-18-5-2-3-12-26-18/h2-3,5,9-10,12-13,21-23,27H,1,4,6-8,11,14-15H2,(H,28,30)/t21-,22?,23+/m1/s1. The molecule has 0 radical (unpaired) electrons. The van der Waals surface area contributed by atoms with Crippen LogP contribution in [0.3, 0.4) is 0 Å². The Morgan fingerprint density at radius 2 is 2.09 bits per heavy atom. The lowest BCUT2D eigenvalue weighted by Crippen LogP contribution is -2.49. The molecular weight excluding hydrogens is 404 g/mol. The van der Waals surface area contributed by atoms with Crippen LogP contribution in [-0.4, -0.2) is 39.9 Å². The third-order valence-corrected chi connectivity index (χ3v) is 6.62. The summed E-state index contributed by atoms with van der Waals surface area (Å²) in [5.41, 5.74) is 3.31. The lowest BCUT2D eigenvalue weighted by atomic mass is 10.0. The van der Waals surface area contributed by atoms with Crippen molar-refractivity contribution in [3.8, 4) is 5.75 Å². The van der Waals surface area contributed by atoms with Crippen molar-refractivity contribution >= 4 is 11.8 Å². The molecule has 7 heteroatoms. The average molecular weight is 433 g/mol. The Hall–Kier alpha value is -3.19. The molecule has 1 aliphatic carbocycles. The molecule has 5 rings (SSSR count). The molecule has 166 valence electrons. The smallest absolute Gasteiger partial charge is 0.255 e. The van der Waals surface area contributed by atoms with Crippen LogP contribution < -0.4 is 15.4 Å². The maximum absolute atomic E-state index is 12.9. The number of fused-ring (bicyclic) bond motifs is 1. The van der Waals surface area contributed by atoms with Crippen molar-refractivity contribution < 1.29 is 14.3 Å². The first-order chi connectivity index (χ1) is 15.6. The van der Waals surface area contributed by atoms with Gasteiger partial charge in [0.2, 0.25) is 5.91 Å². The minimum Gasteiger partial charge on any atom is -0.489 e. The van der Waals surface area contributed by atoms with Crippen LogP contribution in [0.2, 0.25) is 0 Å². The number of allylic oxidation sites excluding steroid dienone is 1. The largest absolute Gasteiger partial charge is 0.489 e. The molecule has 3 heterocycles. The number of nitrogens with one attached hydrogen (secondary N) is 2. The molecular formula is C25H28N4O3. The average Bonchev–Trinajstić information content (AvgIpc) is 3.37. The van der Waals surface area contributed by atoms with Crippen molar-refractivity contribution in [3.05, 3.63) is 71.7 Å². The number of hydrogen-bond acceptors (Lipinski definition) is 5. The Morgan fingerprint density at radius 3 is 2.91 bits per heavy atom. The lowest BCUT2D eigenvalue weighted by Gasteiger charge is -2.30. The van der Waals surface area contributed by atoms with Crippen LogP contribution >= 0.6 is 0 Å². The van der Waals surface area contributed by atoms with Gasteiger partial charge in [-0.15, -0.1) is 0 Å². The number of piperidine rings is 1. The van der Waals surface area contributed by atoms with Gasteiger partial charge in [-0.1, -0.05) is 12.6 Å². The molecule has 3 aliphatic rings. The van der Waals surface area contributed by atoms with Gasteiger partial charge in [0, 0.05) is 36.6 Å². The van der Waals surface area contributed by atoms with Crippen molar-refractivity contribution in [2.24, 2.45) is 0 Å². The predicted octanol–water partition coefficient (Wildman–Crippen LogP) is 2.92. The zero-order valence-electron chi connectivity index (χ0n) is 18.0. The zero-order chi connectivity index (χ0) is 22.1. The number of aromatic nitrogens is 1. The number of benzene rings is 1. The lowest BCUT2D eigenvalue weighted by molar-refractivity contribution is -0.126. The normalized spacial score (nSPS) is 25.1. The van der Waals surface area contributed by atoms with E-state index in [2.05, 4.69) is 22.2 Å². The third kappa shape index (κ3) is 4.12. The molecule has 32 heavy (non-hydrogen) atoms. The number of rotatable bonds is 6. The molecule has 1 aromatic heterocycles. The number of ether oxygens (including phenoxy) is 1. The molecule has 2 fully saturated rings. The monoisotopic (exact) mass is 432 g/mol. The zero-order valence-corrected chi connectivity index (χ0v) is 18.0. The van der Waals surface area contributed by atoms with E-state index in [1.807, 2.05) is 42.6 Å². The van der Waals surface area contributed by atoms with E-state index in [0.717, 1.165) is 42.8 Å². The Labute approximate surface area is 187 Å². The van der Waals surface area contributed by atoms with E-state index in [9.17, 15) is 9.59 Å². The highest BCUT2D eigenvalue weighted by molar-refractivity contribution is 6.01. The minimum absolute atomic E-state index is 0.0834. The summed E-state index contributed by atoms with van der Waals surface area (Å²) < 4.78 is 6.35. The van der Waals surface area contributed by atoms with Crippen LogP contribution in [0.5, 0.6) is 5.75 Å². The maximum atomic E-state index is 12.9. The van der Waals surface area contributed by atoms with Gasteiger partial charge in [-0.2, -0.15) is 0 Å². The predicted molar refractivity (Wildman–Crippen MR) is 120 cm³/mol. The van der Waals surface area contributed by atoms with E-state index in [0.29, 0.717) is 30.6 Å². The second kappa shape index (κ2) is 8.74. The minimum atomic E-state index is -0.445. The first-order valence-corrected chi connectivity index (χ1v) is 11.3. The Bertz CT molecular complexity index is 1040. The molecule has 2 N–H and O–H groups in total. The number of amides is 2. The van der Waals surface area contributed by atoms with Gasteiger partial charge in [0.25, 0.3) is 5.91 Å². The van der Waals surface area contributed by atoms with Gasteiger partial charge in [0.05, 0.1) is 5.69 Å². The van der Waals surface area contributed by atoms with Crippen LogP contribution in [0.15, 0.2) is 54.9 Å². The highest BCUT2D eigenvalue weighted by Gasteiger charge is 2.38. The molecule has 1 aromatic carbocycles. The molecule has 2 aliphatic heterocycles. The highest BCUT2D eigenvalue weighted by atomic mass is 16.5. The van der Waals surface area contributed by atoms with Crippen molar-refractivity contribution in [2.75, 3.05) is 0 Å². The van der Waals surface area contributed by atoms with Crippen molar-refractivity contribution in [2.45, 2.75) is 63.4 Å². The fraction of sp³-hybridized carbons (Fsp3) is 0.400. The van der Waals surface area contributed by atoms with E-state index in [-0.39, 0.29) is 24.0 Å². The molecule has 2 aromatic rings. The van der Waals surface area contributed by atoms with Crippen LogP contribution in [0.25, 0.3) is 0 Å². The summed E-state index contributed by atoms with van der Waals surface area (Å²) in [5.74, 6) is 0.540. The van der Waals surface area contributed by atoms with Gasteiger partial charge in [-0.05, 0) is 68.0 Å². The van der Waals surface area contributed by atoms with Gasteiger partial charge < -0.3 is 20.3 Å². The summed E-state index contributed by atoms with van der Waals surface area (Å²) in [6, 6.07) is 11.4. The Morgan fingerprint density at radius 1 is 1.19 bits per heavy atom. The van der Waals surface area contributed by atoms with Crippen molar-refractivity contribution in [3.63, 3.8) is 0 Å². The van der Waals surface area contributed by atoms with Crippen LogP contribution in [0.1, 0.15) is 53.7 Å². The number of nitrogens with zero attached hydrogens (tertiary/aromatic N) is 2. The molecule has 2 amide bonds. The Kier molecular flexibility index (Phi) is 5.66. The van der Waals surface area contributed by atoms with E-state index in [1.165, 1.54) is 0 Å². The van der Waals surface area contributed by atoms with Gasteiger partial charge in [-0.25, -0.2) is 0 Å². The van der Waals surface area contributed by atoms with Crippen LogP contribution in [0.4, 0.5) is 0 Å². The summed E-state index contributed by atoms with van der Waals surface area (Å²) in [4.78, 5) is 31.3. The SMILES string of the molecule is C=C1CCC(N2Cc3cc(O[C@H]4CCC[C@H]4NCc4ccccn4)ccc3C2=O)C(=O)N1. The Balaban J connectivity index is 1.24. The molecule has 7 nitrogen and oxygen atoms in total. The fourth-order valence-corrected chi connectivity index (χ4v) is 4.92. The molecule has 1 saturated carbocycles. The van der Waals surface area contributed by atoms with Gasteiger partial charge in [0.1, 0.15) is 17.9 Å². The third-order valence-electron chi connectivity index (χ3n) is 6.62. The topological polar surface area (TPSA) is 83.6 Å².